The maximum atomic E-state index is 12.2. The largest absolute Gasteiger partial charge is 0.548 e. The van der Waals surface area contributed by atoms with Crippen molar-refractivity contribution in [2.24, 2.45) is 0 Å². The Morgan fingerprint density at radius 2 is 1.83 bits per heavy atom. The number of carboxylic acids is 1. The van der Waals surface area contributed by atoms with Crippen LogP contribution in [0.15, 0.2) is 35.6 Å². The van der Waals surface area contributed by atoms with Crippen LogP contribution in [0, 0.1) is 10.1 Å². The number of aliphatic carboxylic acids is 1. The number of nitrogens with zero attached hydrogens (tertiary/aromatic N) is 2. The van der Waals surface area contributed by atoms with E-state index in [2.05, 4.69) is 0 Å². The van der Waals surface area contributed by atoms with Crippen LogP contribution >= 0.6 is 0 Å². The molecule has 0 saturated heterocycles. The highest BCUT2D eigenvalue weighted by molar-refractivity contribution is 6.09. The Hall–Kier alpha value is -3.23. The van der Waals surface area contributed by atoms with E-state index < -0.39 is 40.4 Å². The number of carbonyl (C=O) groups is 3. The molecule has 0 aromatic heterocycles. The normalized spacial score (nSPS) is 18.7. The summed E-state index contributed by atoms with van der Waals surface area (Å²) in [5.41, 5.74) is -0.210. The van der Waals surface area contributed by atoms with Gasteiger partial charge in [0.15, 0.2) is 11.5 Å². The Kier molecular flexibility index (Phi) is 4.36. The number of hydrogen-bond donors (Lipinski definition) is 1. The molecule has 2 atom stereocenters. The van der Waals surface area contributed by atoms with Crippen molar-refractivity contribution in [3.8, 4) is 0 Å². The van der Waals surface area contributed by atoms with Crippen LogP contribution in [-0.4, -0.2) is 38.6 Å². The van der Waals surface area contributed by atoms with E-state index in [1.165, 1.54) is 19.1 Å². The van der Waals surface area contributed by atoms with E-state index >= 15 is 0 Å². The minimum absolute atomic E-state index is 0.208. The monoisotopic (exact) mass is 333 g/mol. The summed E-state index contributed by atoms with van der Waals surface area (Å²) in [5.74, 6) is -4.02. The van der Waals surface area contributed by atoms with Crippen molar-refractivity contribution in [3.63, 3.8) is 0 Å². The quantitative estimate of drug-likeness (QED) is 0.591. The van der Waals surface area contributed by atoms with Crippen molar-refractivity contribution in [2.45, 2.75) is 25.9 Å². The van der Waals surface area contributed by atoms with E-state index in [9.17, 15) is 34.7 Å². The van der Waals surface area contributed by atoms with E-state index in [-0.39, 0.29) is 16.8 Å². The number of aliphatic hydroxyl groups excluding tert-OH is 1. The number of rotatable bonds is 5. The zero-order valence-electron chi connectivity index (χ0n) is 12.8. The molecule has 9 nitrogen and oxygen atoms in total. The van der Waals surface area contributed by atoms with Crippen molar-refractivity contribution >= 4 is 23.3 Å². The summed E-state index contributed by atoms with van der Waals surface area (Å²) in [5, 5.41) is 31.8. The first-order valence-electron chi connectivity index (χ1n) is 6.88. The van der Waals surface area contributed by atoms with Crippen molar-refractivity contribution < 1.29 is 29.5 Å². The molecule has 1 aromatic rings. The third-order valence-electron chi connectivity index (χ3n) is 3.80. The van der Waals surface area contributed by atoms with Gasteiger partial charge in [0.25, 0.3) is 11.6 Å². The van der Waals surface area contributed by atoms with Gasteiger partial charge in [-0.2, -0.15) is 0 Å². The first-order chi connectivity index (χ1) is 11.2. The molecule has 1 N–H and O–H groups in total. The van der Waals surface area contributed by atoms with E-state index in [1.807, 2.05) is 0 Å². The minimum atomic E-state index is -1.56. The van der Waals surface area contributed by atoms with Crippen LogP contribution in [-0.2, 0) is 14.4 Å². The highest BCUT2D eigenvalue weighted by Crippen LogP contribution is 2.39. The summed E-state index contributed by atoms with van der Waals surface area (Å²) in [6.07, 6.45) is 0. The Balaban J connectivity index is 2.58. The molecule has 1 aromatic carbocycles. The first-order valence-corrected chi connectivity index (χ1v) is 6.88. The lowest BCUT2D eigenvalue weighted by molar-refractivity contribution is -0.384. The van der Waals surface area contributed by atoms with E-state index in [1.54, 1.807) is 0 Å². The van der Waals surface area contributed by atoms with Crippen LogP contribution in [0.2, 0.25) is 0 Å². The molecule has 0 radical (unpaired) electrons. The van der Waals surface area contributed by atoms with Crippen molar-refractivity contribution in [1.29, 1.82) is 0 Å². The number of amides is 1. The average Bonchev–Trinajstić information content (AvgIpc) is 2.78. The summed E-state index contributed by atoms with van der Waals surface area (Å²) in [6, 6.07) is 2.34. The van der Waals surface area contributed by atoms with Crippen LogP contribution < -0.4 is 5.11 Å². The van der Waals surface area contributed by atoms with Crippen LogP contribution in [0.4, 0.5) is 5.69 Å². The van der Waals surface area contributed by atoms with Gasteiger partial charge < -0.3 is 19.9 Å². The third kappa shape index (κ3) is 2.71. The van der Waals surface area contributed by atoms with Crippen molar-refractivity contribution in [2.75, 3.05) is 0 Å². The molecule has 0 fully saturated rings. The minimum Gasteiger partial charge on any atom is -0.548 e. The van der Waals surface area contributed by atoms with Crippen molar-refractivity contribution in [1.82, 2.24) is 4.90 Å². The number of Topliss-reactive ketones (excluding diaryl/α,β-unsaturated/α-hetero) is 1. The highest BCUT2D eigenvalue weighted by atomic mass is 16.6. The smallest absolute Gasteiger partial charge is 0.290 e. The predicted octanol–water partition coefficient (Wildman–Crippen LogP) is 0.0176. The summed E-state index contributed by atoms with van der Waals surface area (Å²) in [6.45, 7) is 2.31. The number of ketones is 1. The maximum absolute atomic E-state index is 12.2. The Bertz CT molecular complexity index is 767. The Morgan fingerprint density at radius 3 is 2.25 bits per heavy atom. The molecule has 2 rings (SSSR count). The summed E-state index contributed by atoms with van der Waals surface area (Å²) >= 11 is 0. The molecule has 126 valence electrons. The number of nitro benzene ring substituents is 1. The Morgan fingerprint density at radius 1 is 1.29 bits per heavy atom. The Labute approximate surface area is 136 Å². The summed E-state index contributed by atoms with van der Waals surface area (Å²) in [7, 11) is 0. The molecular formula is C15H13N2O7-. The fraction of sp³-hybridized carbons (Fsp3) is 0.267. The molecule has 0 saturated carbocycles. The molecule has 1 aliphatic heterocycles. The van der Waals surface area contributed by atoms with Gasteiger partial charge in [-0.1, -0.05) is 0 Å². The van der Waals surface area contributed by atoms with Gasteiger partial charge in [0.05, 0.1) is 28.5 Å². The number of aliphatic hydroxyl groups is 1. The van der Waals surface area contributed by atoms with Gasteiger partial charge in [-0.25, -0.2) is 0 Å². The lowest BCUT2D eigenvalue weighted by atomic mass is 9.96. The van der Waals surface area contributed by atoms with E-state index in [4.69, 9.17) is 0 Å². The number of benzene rings is 1. The van der Waals surface area contributed by atoms with Crippen LogP contribution in [0.3, 0.4) is 0 Å². The number of carboxylic acid groups (broad SMARTS) is 1. The maximum Gasteiger partial charge on any atom is 0.290 e. The number of non-ortho nitro benzene ring substituents is 1. The molecule has 0 aliphatic carbocycles. The first kappa shape index (κ1) is 17.1. The van der Waals surface area contributed by atoms with Crippen LogP contribution in [0.5, 0.6) is 0 Å². The fourth-order valence-electron chi connectivity index (χ4n) is 2.60. The van der Waals surface area contributed by atoms with Crippen LogP contribution in [0.25, 0.3) is 0 Å². The number of nitro groups is 1. The fourth-order valence-corrected chi connectivity index (χ4v) is 2.60. The second-order valence-corrected chi connectivity index (χ2v) is 5.28. The number of hydrogen-bond acceptors (Lipinski definition) is 7. The van der Waals surface area contributed by atoms with Gasteiger partial charge in [0, 0.05) is 12.1 Å². The molecule has 1 heterocycles. The summed E-state index contributed by atoms with van der Waals surface area (Å²) < 4.78 is 0. The van der Waals surface area contributed by atoms with Gasteiger partial charge in [-0.05, 0) is 31.5 Å². The summed E-state index contributed by atoms with van der Waals surface area (Å²) in [4.78, 5) is 46.1. The molecule has 9 heteroatoms. The lowest BCUT2D eigenvalue weighted by Crippen LogP contribution is -2.48. The second kappa shape index (κ2) is 6.11. The average molecular weight is 333 g/mol. The van der Waals surface area contributed by atoms with E-state index in [0.29, 0.717) is 0 Å². The molecular weight excluding hydrogens is 320 g/mol. The second-order valence-electron chi connectivity index (χ2n) is 5.28. The van der Waals surface area contributed by atoms with Crippen molar-refractivity contribution in [3.05, 3.63) is 51.3 Å². The van der Waals surface area contributed by atoms with E-state index in [0.717, 1.165) is 24.0 Å². The highest BCUT2D eigenvalue weighted by Gasteiger charge is 2.44. The zero-order valence-corrected chi connectivity index (χ0v) is 12.8. The van der Waals surface area contributed by atoms with Gasteiger partial charge in [0.2, 0.25) is 0 Å². The van der Waals surface area contributed by atoms with Crippen LogP contribution in [0.1, 0.15) is 25.5 Å². The zero-order chi connectivity index (χ0) is 18.2. The lowest BCUT2D eigenvalue weighted by Gasteiger charge is -2.32. The van der Waals surface area contributed by atoms with Gasteiger partial charge in [-0.3, -0.25) is 19.7 Å². The number of carbonyl (C=O) groups excluding carboxylic acids is 3. The standard InChI is InChI=1S/C15H14N2O7/c1-7(15(21)22)16-12(11(8(2)18)13(19)14(16)20)9-3-5-10(6-4-9)17(23)24/h3-7,12,19H,1-2H3,(H,21,22)/p-1/t7-,12+/m1/s1. The molecule has 1 aliphatic rings. The van der Waals surface area contributed by atoms with Gasteiger partial charge >= 0.3 is 0 Å². The van der Waals surface area contributed by atoms with Gasteiger partial charge in [-0.15, -0.1) is 0 Å². The molecule has 0 bridgehead atoms. The molecule has 1 amide bonds. The SMILES string of the molecule is CC(=O)C1=C(O)C(=O)N([C@H](C)C(=O)[O-])[C@H]1c1ccc([N+](=O)[O-])cc1. The third-order valence-corrected chi connectivity index (χ3v) is 3.80. The predicted molar refractivity (Wildman–Crippen MR) is 77.5 cm³/mol. The molecule has 0 unspecified atom stereocenters. The molecule has 0 spiro atoms. The van der Waals surface area contributed by atoms with Gasteiger partial charge in [0.1, 0.15) is 0 Å². The topological polar surface area (TPSA) is 141 Å². The molecule has 24 heavy (non-hydrogen) atoms.